The predicted octanol–water partition coefficient (Wildman–Crippen LogP) is 4.96. The van der Waals surface area contributed by atoms with Crippen molar-refractivity contribution in [2.45, 2.75) is 12.8 Å². The summed E-state index contributed by atoms with van der Waals surface area (Å²) in [5.74, 6) is 3.10. The maximum atomic E-state index is 5.67. The highest BCUT2D eigenvalue weighted by molar-refractivity contribution is 5.93. The number of fused-ring (bicyclic) bond motifs is 3. The molecule has 0 bridgehead atoms. The number of nitrogens with zero attached hydrogens (tertiary/aromatic N) is 2. The highest BCUT2D eigenvalue weighted by Gasteiger charge is 2.32. The number of benzene rings is 3. The van der Waals surface area contributed by atoms with Crippen LogP contribution in [0.3, 0.4) is 0 Å². The third kappa shape index (κ3) is 4.61. The first-order valence-corrected chi connectivity index (χ1v) is 12.4. The minimum Gasteiger partial charge on any atom is -0.493 e. The molecule has 0 aromatic heterocycles. The molecule has 0 radical (unpaired) electrons. The van der Waals surface area contributed by atoms with E-state index in [9.17, 15) is 0 Å². The number of hydrogen-bond acceptors (Lipinski definition) is 6. The van der Waals surface area contributed by atoms with Crippen LogP contribution in [0, 0.1) is 0 Å². The van der Waals surface area contributed by atoms with Gasteiger partial charge in [-0.05, 0) is 59.4 Å². The highest BCUT2D eigenvalue weighted by atomic mass is 16.5. The van der Waals surface area contributed by atoms with E-state index in [1.165, 1.54) is 33.5 Å². The van der Waals surface area contributed by atoms with Gasteiger partial charge in [-0.2, -0.15) is 0 Å². The summed E-state index contributed by atoms with van der Waals surface area (Å²) in [7, 11) is 6.76. The topological polar surface area (TPSA) is 43.4 Å². The van der Waals surface area contributed by atoms with Crippen molar-refractivity contribution in [3.8, 4) is 23.0 Å². The van der Waals surface area contributed by atoms with Crippen molar-refractivity contribution >= 4 is 11.3 Å². The van der Waals surface area contributed by atoms with Crippen LogP contribution in [0.25, 0.3) is 11.3 Å². The molecule has 2 aliphatic rings. The maximum Gasteiger partial charge on any atom is 0.161 e. The lowest BCUT2D eigenvalue weighted by atomic mass is 9.89. The Bertz CT molecular complexity index is 1260. The molecular weight excluding hydrogens is 452 g/mol. The fourth-order valence-corrected chi connectivity index (χ4v) is 5.31. The number of methoxy groups -OCH3 is 4. The maximum absolute atomic E-state index is 5.67. The summed E-state index contributed by atoms with van der Waals surface area (Å²) in [4.78, 5) is 5.06. The summed E-state index contributed by atoms with van der Waals surface area (Å²) in [5, 5.41) is 0. The lowest BCUT2D eigenvalue weighted by Crippen LogP contribution is -2.46. The van der Waals surface area contributed by atoms with Gasteiger partial charge in [0.25, 0.3) is 0 Å². The van der Waals surface area contributed by atoms with Gasteiger partial charge in [-0.1, -0.05) is 36.4 Å². The Morgan fingerprint density at radius 1 is 0.750 bits per heavy atom. The Balaban J connectivity index is 1.48. The molecule has 0 spiro atoms. The van der Waals surface area contributed by atoms with Gasteiger partial charge in [0.15, 0.2) is 23.0 Å². The van der Waals surface area contributed by atoms with Gasteiger partial charge in [0.2, 0.25) is 0 Å². The summed E-state index contributed by atoms with van der Waals surface area (Å²) in [6, 6.07) is 21.2. The highest BCUT2D eigenvalue weighted by Crippen LogP contribution is 2.42. The first-order valence-electron chi connectivity index (χ1n) is 12.4. The quantitative estimate of drug-likeness (QED) is 0.448. The minimum atomic E-state index is 0.761. The van der Waals surface area contributed by atoms with Crippen molar-refractivity contribution in [3.63, 3.8) is 0 Å². The van der Waals surface area contributed by atoms with Crippen molar-refractivity contribution in [1.82, 2.24) is 9.80 Å². The monoisotopic (exact) mass is 486 g/mol. The predicted molar refractivity (Wildman–Crippen MR) is 143 cm³/mol. The molecule has 5 rings (SSSR count). The van der Waals surface area contributed by atoms with E-state index in [-0.39, 0.29) is 0 Å². The van der Waals surface area contributed by atoms with Gasteiger partial charge in [-0.3, -0.25) is 4.90 Å². The van der Waals surface area contributed by atoms with E-state index in [1.807, 2.05) is 6.07 Å². The fourth-order valence-electron chi connectivity index (χ4n) is 5.31. The summed E-state index contributed by atoms with van der Waals surface area (Å²) >= 11 is 0. The van der Waals surface area contributed by atoms with Crippen LogP contribution in [0.15, 0.2) is 60.7 Å². The Hall–Kier alpha value is -3.64. The Labute approximate surface area is 213 Å². The number of rotatable bonds is 8. The molecule has 2 heterocycles. The number of hydrogen-bond donors (Lipinski definition) is 0. The van der Waals surface area contributed by atoms with E-state index >= 15 is 0 Å². The molecule has 36 heavy (non-hydrogen) atoms. The molecule has 0 aliphatic carbocycles. The zero-order chi connectivity index (χ0) is 25.1. The summed E-state index contributed by atoms with van der Waals surface area (Å²) < 4.78 is 22.2. The van der Waals surface area contributed by atoms with Gasteiger partial charge in [0.1, 0.15) is 0 Å². The second-order valence-electron chi connectivity index (χ2n) is 9.20. The van der Waals surface area contributed by atoms with Crippen molar-refractivity contribution in [2.24, 2.45) is 0 Å². The van der Waals surface area contributed by atoms with Gasteiger partial charge in [-0.25, -0.2) is 0 Å². The molecule has 0 N–H and O–H groups in total. The van der Waals surface area contributed by atoms with E-state index in [2.05, 4.69) is 64.4 Å². The first-order chi connectivity index (χ1) is 17.6. The molecule has 0 fully saturated rings. The zero-order valence-corrected chi connectivity index (χ0v) is 21.5. The molecule has 6 nitrogen and oxygen atoms in total. The molecule has 188 valence electrons. The van der Waals surface area contributed by atoms with Crippen LogP contribution >= 0.6 is 0 Å². The van der Waals surface area contributed by atoms with E-state index in [4.69, 9.17) is 18.9 Å². The SMILES string of the molecule is COc1ccc(CCN2CC(c3ccccc3)=C3c4cc(OC)c(OC)cc4CCN3C2)cc1OC. The standard InChI is InChI=1S/C30H34N2O4/c1-33-26-11-10-21(16-27(26)34-2)12-14-31-19-25(22-8-6-5-7-9-22)30-24-18-29(36-4)28(35-3)17-23(24)13-15-32(30)20-31/h5-11,16-18H,12-15,19-20H2,1-4H3. The lowest BCUT2D eigenvalue weighted by molar-refractivity contribution is 0.184. The molecule has 3 aromatic carbocycles. The van der Waals surface area contributed by atoms with Crippen LogP contribution in [0.4, 0.5) is 0 Å². The van der Waals surface area contributed by atoms with Gasteiger partial charge in [0.05, 0.1) is 40.8 Å². The molecule has 0 amide bonds. The van der Waals surface area contributed by atoms with Crippen LogP contribution in [0.2, 0.25) is 0 Å². The van der Waals surface area contributed by atoms with Gasteiger partial charge in [0, 0.05) is 25.2 Å². The van der Waals surface area contributed by atoms with Crippen molar-refractivity contribution in [1.29, 1.82) is 0 Å². The zero-order valence-electron chi connectivity index (χ0n) is 21.5. The molecule has 0 saturated heterocycles. The van der Waals surface area contributed by atoms with E-state index in [0.717, 1.165) is 62.1 Å². The third-order valence-corrected chi connectivity index (χ3v) is 7.16. The second-order valence-corrected chi connectivity index (χ2v) is 9.20. The Morgan fingerprint density at radius 3 is 2.17 bits per heavy atom. The van der Waals surface area contributed by atoms with Crippen LogP contribution in [0.1, 0.15) is 22.3 Å². The molecule has 3 aromatic rings. The van der Waals surface area contributed by atoms with Crippen molar-refractivity contribution < 1.29 is 18.9 Å². The Morgan fingerprint density at radius 2 is 1.44 bits per heavy atom. The summed E-state index contributed by atoms with van der Waals surface area (Å²) in [6.45, 7) is 3.71. The minimum absolute atomic E-state index is 0.761. The first kappa shape index (κ1) is 24.1. The van der Waals surface area contributed by atoms with Gasteiger partial charge >= 0.3 is 0 Å². The average Bonchev–Trinajstić information content (AvgIpc) is 2.94. The van der Waals surface area contributed by atoms with Gasteiger partial charge < -0.3 is 23.8 Å². The molecule has 6 heteroatoms. The second kappa shape index (κ2) is 10.5. The van der Waals surface area contributed by atoms with E-state index in [0.29, 0.717) is 0 Å². The smallest absolute Gasteiger partial charge is 0.161 e. The van der Waals surface area contributed by atoms with E-state index < -0.39 is 0 Å². The van der Waals surface area contributed by atoms with Crippen LogP contribution in [-0.4, -0.2) is 64.5 Å². The summed E-state index contributed by atoms with van der Waals surface area (Å²) in [5.41, 5.74) is 7.72. The fraction of sp³-hybridized carbons (Fsp3) is 0.333. The molecule has 2 aliphatic heterocycles. The van der Waals surface area contributed by atoms with Crippen molar-refractivity contribution in [2.75, 3.05) is 54.7 Å². The third-order valence-electron chi connectivity index (χ3n) is 7.16. The molecular formula is C30H34N2O4. The van der Waals surface area contributed by atoms with Crippen LogP contribution < -0.4 is 18.9 Å². The number of ether oxygens (including phenoxy) is 4. The van der Waals surface area contributed by atoms with Crippen LogP contribution in [0.5, 0.6) is 23.0 Å². The van der Waals surface area contributed by atoms with Gasteiger partial charge in [-0.15, -0.1) is 0 Å². The van der Waals surface area contributed by atoms with Crippen LogP contribution in [-0.2, 0) is 12.8 Å². The largest absolute Gasteiger partial charge is 0.493 e. The molecule has 0 saturated carbocycles. The average molecular weight is 487 g/mol. The van der Waals surface area contributed by atoms with E-state index in [1.54, 1.807) is 28.4 Å². The normalized spacial score (nSPS) is 15.3. The molecule has 0 unspecified atom stereocenters. The summed E-state index contributed by atoms with van der Waals surface area (Å²) in [6.07, 6.45) is 1.91. The Kier molecular flexibility index (Phi) is 7.05. The molecule has 0 atom stereocenters. The van der Waals surface area contributed by atoms with Crippen molar-refractivity contribution in [3.05, 3.63) is 82.9 Å². The lowest BCUT2D eigenvalue weighted by Gasteiger charge is -2.43.